The molecule has 1 aliphatic rings. The third kappa shape index (κ3) is 5.90. The number of anilines is 1. The number of aromatic nitrogens is 4. The van der Waals surface area contributed by atoms with Gasteiger partial charge in [0.2, 0.25) is 11.1 Å². The number of thiophene rings is 1. The summed E-state index contributed by atoms with van der Waals surface area (Å²) in [6.07, 6.45) is 0.725. The van der Waals surface area contributed by atoms with Crippen LogP contribution in [-0.2, 0) is 29.0 Å². The zero-order valence-corrected chi connectivity index (χ0v) is 21.9. The van der Waals surface area contributed by atoms with E-state index in [1.807, 2.05) is 48.5 Å². The van der Waals surface area contributed by atoms with Crippen LogP contribution in [-0.4, -0.2) is 55.9 Å². The Morgan fingerprint density at radius 3 is 2.62 bits per heavy atom. The molecule has 2 aromatic carbocycles. The summed E-state index contributed by atoms with van der Waals surface area (Å²) >= 11 is 2.68. The Hall–Kier alpha value is -3.54. The highest BCUT2D eigenvalue weighted by Crippen LogP contribution is 2.38. The molecule has 0 saturated heterocycles. The molecular formula is C26H26N6O3S2. The number of carbonyl (C=O) groups excluding carboxylic acids is 2. The number of amides is 1. The molecule has 0 unspecified atom stereocenters. The fourth-order valence-electron chi connectivity index (χ4n) is 4.23. The van der Waals surface area contributed by atoms with Gasteiger partial charge in [-0.1, -0.05) is 60.3 Å². The van der Waals surface area contributed by atoms with Gasteiger partial charge in [-0.3, -0.25) is 9.69 Å². The molecule has 11 heteroatoms. The van der Waals surface area contributed by atoms with E-state index in [9.17, 15) is 9.59 Å². The van der Waals surface area contributed by atoms with Crippen LogP contribution in [0.25, 0.3) is 5.69 Å². The lowest BCUT2D eigenvalue weighted by molar-refractivity contribution is -0.113. The number of ether oxygens (including phenoxy) is 1. The van der Waals surface area contributed by atoms with Crippen LogP contribution in [0.4, 0.5) is 5.00 Å². The van der Waals surface area contributed by atoms with Crippen LogP contribution < -0.4 is 5.32 Å². The minimum absolute atomic E-state index is 0.0954. The molecule has 190 valence electrons. The molecule has 0 fully saturated rings. The van der Waals surface area contributed by atoms with E-state index in [0.29, 0.717) is 15.7 Å². The predicted molar refractivity (Wildman–Crippen MR) is 143 cm³/mol. The Balaban J connectivity index is 1.30. The molecule has 0 spiro atoms. The summed E-state index contributed by atoms with van der Waals surface area (Å²) in [5, 5.41) is 15.8. The van der Waals surface area contributed by atoms with Crippen molar-refractivity contribution in [3.05, 3.63) is 82.2 Å². The van der Waals surface area contributed by atoms with Gasteiger partial charge < -0.3 is 10.1 Å². The van der Waals surface area contributed by atoms with Gasteiger partial charge in [0.1, 0.15) is 5.00 Å². The highest BCUT2D eigenvalue weighted by Gasteiger charge is 2.29. The van der Waals surface area contributed by atoms with E-state index in [0.717, 1.165) is 42.2 Å². The fourth-order valence-corrected chi connectivity index (χ4v) is 6.22. The van der Waals surface area contributed by atoms with E-state index in [1.54, 1.807) is 11.6 Å². The van der Waals surface area contributed by atoms with Gasteiger partial charge in [0, 0.05) is 24.5 Å². The van der Waals surface area contributed by atoms with Crippen molar-refractivity contribution in [2.45, 2.75) is 31.6 Å². The van der Waals surface area contributed by atoms with E-state index in [4.69, 9.17) is 4.74 Å². The lowest BCUT2D eigenvalue weighted by Crippen LogP contribution is -2.30. The number of esters is 1. The van der Waals surface area contributed by atoms with E-state index < -0.39 is 5.97 Å². The number of rotatable bonds is 9. The van der Waals surface area contributed by atoms with Crippen molar-refractivity contribution in [2.24, 2.45) is 0 Å². The number of fused-ring (bicyclic) bond motifs is 1. The van der Waals surface area contributed by atoms with Gasteiger partial charge in [-0.15, -0.1) is 16.4 Å². The number of thioether (sulfide) groups is 1. The summed E-state index contributed by atoms with van der Waals surface area (Å²) in [6, 6.07) is 19.8. The number of carbonyl (C=O) groups is 2. The number of tetrazole rings is 1. The molecule has 1 N–H and O–H groups in total. The van der Waals surface area contributed by atoms with Crippen LogP contribution in [0.2, 0.25) is 0 Å². The first-order valence-corrected chi connectivity index (χ1v) is 13.8. The molecule has 0 aliphatic carbocycles. The average molecular weight is 535 g/mol. The third-order valence-corrected chi connectivity index (χ3v) is 7.94. The summed E-state index contributed by atoms with van der Waals surface area (Å²) in [7, 11) is 0. The van der Waals surface area contributed by atoms with E-state index in [-0.39, 0.29) is 18.3 Å². The van der Waals surface area contributed by atoms with E-state index in [1.165, 1.54) is 28.7 Å². The molecule has 0 atom stereocenters. The summed E-state index contributed by atoms with van der Waals surface area (Å²) in [5.74, 6) is -0.538. The number of hydrogen-bond donors (Lipinski definition) is 1. The van der Waals surface area contributed by atoms with Crippen molar-refractivity contribution in [1.82, 2.24) is 25.1 Å². The van der Waals surface area contributed by atoms with Crippen LogP contribution in [0.15, 0.2) is 65.8 Å². The predicted octanol–water partition coefficient (Wildman–Crippen LogP) is 4.19. The molecule has 9 nitrogen and oxygen atoms in total. The molecule has 0 saturated carbocycles. The Morgan fingerprint density at radius 1 is 1.11 bits per heavy atom. The summed E-state index contributed by atoms with van der Waals surface area (Å²) in [6.45, 7) is 4.44. The van der Waals surface area contributed by atoms with Crippen LogP contribution >= 0.6 is 23.1 Å². The topological polar surface area (TPSA) is 102 Å². The third-order valence-electron chi connectivity index (χ3n) is 5.89. The van der Waals surface area contributed by atoms with Gasteiger partial charge in [-0.2, -0.15) is 4.68 Å². The van der Waals surface area contributed by atoms with Gasteiger partial charge >= 0.3 is 5.97 Å². The molecule has 1 aliphatic heterocycles. The average Bonchev–Trinajstić information content (AvgIpc) is 3.53. The van der Waals surface area contributed by atoms with Crippen LogP contribution in [0, 0.1) is 0 Å². The lowest BCUT2D eigenvalue weighted by Gasteiger charge is -2.27. The Bertz CT molecular complexity index is 1370. The molecular weight excluding hydrogens is 508 g/mol. The second kappa shape index (κ2) is 11.7. The lowest BCUT2D eigenvalue weighted by atomic mass is 10.0. The summed E-state index contributed by atoms with van der Waals surface area (Å²) in [5.41, 5.74) is 3.51. The minimum Gasteiger partial charge on any atom is -0.462 e. The van der Waals surface area contributed by atoms with Gasteiger partial charge in [-0.05, 0) is 47.0 Å². The molecule has 0 radical (unpaired) electrons. The molecule has 3 heterocycles. The highest BCUT2D eigenvalue weighted by atomic mass is 32.2. The quantitative estimate of drug-likeness (QED) is 0.252. The first kappa shape index (κ1) is 25.1. The van der Waals surface area contributed by atoms with Crippen molar-refractivity contribution in [3.63, 3.8) is 0 Å². The largest absolute Gasteiger partial charge is 0.462 e. The molecule has 0 bridgehead atoms. The number of hydrogen-bond acceptors (Lipinski definition) is 9. The molecule has 5 rings (SSSR count). The zero-order valence-electron chi connectivity index (χ0n) is 20.3. The first-order valence-electron chi connectivity index (χ1n) is 12.0. The molecule has 4 aromatic rings. The van der Waals surface area contributed by atoms with Crippen LogP contribution in [0.5, 0.6) is 0 Å². The van der Waals surface area contributed by atoms with Gasteiger partial charge in [0.25, 0.3) is 0 Å². The van der Waals surface area contributed by atoms with Crippen molar-refractivity contribution < 1.29 is 14.3 Å². The SMILES string of the molecule is CCOC(=O)c1c(NC(=O)CSc2nnnn2-c2ccccc2)sc2c1CCN(Cc1ccccc1)C2. The van der Waals surface area contributed by atoms with Gasteiger partial charge in [-0.25, -0.2) is 4.79 Å². The minimum atomic E-state index is -0.396. The maximum Gasteiger partial charge on any atom is 0.341 e. The van der Waals surface area contributed by atoms with Crippen molar-refractivity contribution >= 4 is 40.0 Å². The van der Waals surface area contributed by atoms with Gasteiger partial charge in [0.15, 0.2) is 0 Å². The maximum atomic E-state index is 12.9. The smallest absolute Gasteiger partial charge is 0.341 e. The summed E-state index contributed by atoms with van der Waals surface area (Å²) in [4.78, 5) is 29.3. The maximum absolute atomic E-state index is 12.9. The van der Waals surface area contributed by atoms with Crippen molar-refractivity contribution in [2.75, 3.05) is 24.2 Å². The zero-order chi connectivity index (χ0) is 25.6. The van der Waals surface area contributed by atoms with E-state index in [2.05, 4.69) is 37.9 Å². The van der Waals surface area contributed by atoms with Crippen molar-refractivity contribution in [3.8, 4) is 5.69 Å². The fraction of sp³-hybridized carbons (Fsp3) is 0.269. The van der Waals surface area contributed by atoms with Gasteiger partial charge in [0.05, 0.1) is 23.6 Å². The van der Waals surface area contributed by atoms with Crippen LogP contribution in [0.3, 0.4) is 0 Å². The number of nitrogens with zero attached hydrogens (tertiary/aromatic N) is 5. The van der Waals surface area contributed by atoms with Crippen LogP contribution in [0.1, 0.15) is 33.3 Å². The molecule has 37 heavy (non-hydrogen) atoms. The number of benzene rings is 2. The second-order valence-electron chi connectivity index (χ2n) is 8.42. The summed E-state index contributed by atoms with van der Waals surface area (Å²) < 4.78 is 6.94. The monoisotopic (exact) mass is 534 g/mol. The highest BCUT2D eigenvalue weighted by molar-refractivity contribution is 7.99. The number of nitrogens with one attached hydrogen (secondary N) is 1. The van der Waals surface area contributed by atoms with E-state index >= 15 is 0 Å². The second-order valence-corrected chi connectivity index (χ2v) is 10.5. The Morgan fingerprint density at radius 2 is 1.86 bits per heavy atom. The standard InChI is InChI=1S/C26H26N6O3S2/c1-2-35-25(34)23-20-13-14-31(15-18-9-5-3-6-10-18)16-21(20)37-24(23)27-22(33)17-36-26-28-29-30-32(26)19-11-7-4-8-12-19/h3-12H,2,13-17H2,1H3,(H,27,33). The first-order chi connectivity index (χ1) is 18.1. The molecule has 2 aromatic heterocycles. The Kier molecular flexibility index (Phi) is 7.93. The normalized spacial score (nSPS) is 13.2. The molecule has 1 amide bonds. The Labute approximate surface area is 222 Å². The van der Waals surface area contributed by atoms with Crippen molar-refractivity contribution in [1.29, 1.82) is 0 Å². The number of para-hydroxylation sites is 1.